The van der Waals surface area contributed by atoms with Crippen molar-refractivity contribution < 1.29 is 4.79 Å². The van der Waals surface area contributed by atoms with Crippen LogP contribution in [0.25, 0.3) is 0 Å². The van der Waals surface area contributed by atoms with E-state index >= 15 is 0 Å². The minimum absolute atomic E-state index is 0.0471. The van der Waals surface area contributed by atoms with Crippen molar-refractivity contribution >= 4 is 29.0 Å². The predicted octanol–water partition coefficient (Wildman–Crippen LogP) is 2.20. The topological polar surface area (TPSA) is 17.1 Å². The zero-order valence-corrected chi connectivity index (χ0v) is 7.61. The molecule has 3 heteroatoms. The third-order valence-corrected chi connectivity index (χ3v) is 4.12. The molecule has 0 saturated heterocycles. The van der Waals surface area contributed by atoms with Gasteiger partial charge in [0.25, 0.3) is 0 Å². The lowest BCUT2D eigenvalue weighted by Gasteiger charge is -2.47. The maximum absolute atomic E-state index is 11.3. The number of carbonyl (C=O) groups excluding carboxylic acids is 1. The van der Waals surface area contributed by atoms with Gasteiger partial charge < -0.3 is 0 Å². The molecule has 1 nitrogen and oxygen atoms in total. The standard InChI is InChI=1S/C8H10Cl2O/c9-7-4-2-1-3-5(11)6(4)8(7)10/h4,6-8H,1-3H2. The van der Waals surface area contributed by atoms with E-state index in [2.05, 4.69) is 0 Å². The van der Waals surface area contributed by atoms with Crippen LogP contribution < -0.4 is 0 Å². The second kappa shape index (κ2) is 2.63. The summed E-state index contributed by atoms with van der Waals surface area (Å²) < 4.78 is 0. The molecule has 0 aliphatic heterocycles. The first-order valence-electron chi connectivity index (χ1n) is 4.02. The van der Waals surface area contributed by atoms with Gasteiger partial charge in [-0.2, -0.15) is 0 Å². The number of ketones is 1. The SMILES string of the molecule is O=C1CCCC2C(Cl)C(Cl)C12. The second-order valence-corrected chi connectivity index (χ2v) is 4.44. The van der Waals surface area contributed by atoms with Gasteiger partial charge in [-0.3, -0.25) is 4.79 Å². The maximum atomic E-state index is 11.3. The Balaban J connectivity index is 2.11. The number of halogens is 2. The fourth-order valence-corrected chi connectivity index (χ4v) is 3.11. The summed E-state index contributed by atoms with van der Waals surface area (Å²) in [6.07, 6.45) is 2.81. The van der Waals surface area contributed by atoms with Gasteiger partial charge in [0.1, 0.15) is 5.78 Å². The molecule has 0 aromatic heterocycles. The van der Waals surface area contributed by atoms with Crippen LogP contribution >= 0.6 is 23.2 Å². The fourth-order valence-electron chi connectivity index (χ4n) is 2.16. The van der Waals surface area contributed by atoms with Gasteiger partial charge in [-0.25, -0.2) is 0 Å². The van der Waals surface area contributed by atoms with Crippen LogP contribution in [-0.4, -0.2) is 16.5 Å². The molecular weight excluding hydrogens is 183 g/mol. The molecule has 4 unspecified atom stereocenters. The molecule has 0 spiro atoms. The van der Waals surface area contributed by atoms with E-state index in [0.29, 0.717) is 18.1 Å². The minimum atomic E-state index is -0.0885. The Morgan fingerprint density at radius 1 is 1.27 bits per heavy atom. The summed E-state index contributed by atoms with van der Waals surface area (Å²) in [7, 11) is 0. The van der Waals surface area contributed by atoms with Crippen LogP contribution in [0.15, 0.2) is 0 Å². The van der Waals surface area contributed by atoms with Crippen molar-refractivity contribution in [3.8, 4) is 0 Å². The van der Waals surface area contributed by atoms with Gasteiger partial charge in [0.15, 0.2) is 0 Å². The van der Waals surface area contributed by atoms with Gasteiger partial charge >= 0.3 is 0 Å². The normalized spacial score (nSPS) is 49.8. The Kier molecular flexibility index (Phi) is 1.89. The van der Waals surface area contributed by atoms with Gasteiger partial charge in [0, 0.05) is 12.3 Å². The van der Waals surface area contributed by atoms with Crippen molar-refractivity contribution in [2.24, 2.45) is 11.8 Å². The van der Waals surface area contributed by atoms with Crippen LogP contribution in [0.5, 0.6) is 0 Å². The van der Waals surface area contributed by atoms with Crippen molar-refractivity contribution in [3.05, 3.63) is 0 Å². The van der Waals surface area contributed by atoms with Crippen molar-refractivity contribution in [3.63, 3.8) is 0 Å². The van der Waals surface area contributed by atoms with E-state index in [-0.39, 0.29) is 16.7 Å². The summed E-state index contributed by atoms with van der Waals surface area (Å²) in [6.45, 7) is 0. The third-order valence-electron chi connectivity index (χ3n) is 2.85. The van der Waals surface area contributed by atoms with Crippen molar-refractivity contribution in [2.45, 2.75) is 30.0 Å². The molecule has 11 heavy (non-hydrogen) atoms. The van der Waals surface area contributed by atoms with Gasteiger partial charge in [0.2, 0.25) is 0 Å². The number of Topliss-reactive ketones (excluding diaryl/α,β-unsaturated/α-hetero) is 1. The number of hydrogen-bond donors (Lipinski definition) is 0. The second-order valence-electron chi connectivity index (χ2n) is 3.44. The highest BCUT2D eigenvalue weighted by Crippen LogP contribution is 2.48. The summed E-state index contributed by atoms with van der Waals surface area (Å²) in [5.41, 5.74) is 0. The molecule has 2 saturated carbocycles. The Morgan fingerprint density at radius 2 is 2.00 bits per heavy atom. The molecule has 62 valence electrons. The van der Waals surface area contributed by atoms with Crippen LogP contribution in [0.2, 0.25) is 0 Å². The van der Waals surface area contributed by atoms with Crippen molar-refractivity contribution in [1.82, 2.24) is 0 Å². The Bertz CT molecular complexity index is 193. The zero-order valence-electron chi connectivity index (χ0n) is 6.09. The molecule has 0 aromatic rings. The third kappa shape index (κ3) is 1.01. The molecule has 0 bridgehead atoms. The molecular formula is C8H10Cl2O. The zero-order chi connectivity index (χ0) is 8.01. The van der Waals surface area contributed by atoms with E-state index in [1.54, 1.807) is 0 Å². The highest BCUT2D eigenvalue weighted by Gasteiger charge is 2.53. The molecule has 2 aliphatic rings. The van der Waals surface area contributed by atoms with Crippen LogP contribution in [0.4, 0.5) is 0 Å². The van der Waals surface area contributed by atoms with Gasteiger partial charge in [0.05, 0.1) is 10.8 Å². The highest BCUT2D eigenvalue weighted by atomic mass is 35.5. The molecule has 0 heterocycles. The summed E-state index contributed by atoms with van der Waals surface area (Å²) in [5.74, 6) is 0.812. The molecule has 0 aromatic carbocycles. The largest absolute Gasteiger partial charge is 0.299 e. The summed E-state index contributed by atoms with van der Waals surface area (Å²) in [5, 5.41) is -0.0413. The minimum Gasteiger partial charge on any atom is -0.299 e. The molecule has 2 aliphatic carbocycles. The quantitative estimate of drug-likeness (QED) is 0.539. The maximum Gasteiger partial charge on any atom is 0.137 e. The lowest BCUT2D eigenvalue weighted by atomic mass is 9.64. The number of hydrogen-bond acceptors (Lipinski definition) is 1. The number of rotatable bonds is 0. The number of alkyl halides is 2. The summed E-state index contributed by atoms with van der Waals surface area (Å²) in [4.78, 5) is 11.3. The molecule has 2 fully saturated rings. The fraction of sp³-hybridized carbons (Fsp3) is 0.875. The Labute approximate surface area is 76.1 Å². The van der Waals surface area contributed by atoms with Gasteiger partial charge in [-0.05, 0) is 18.8 Å². The monoisotopic (exact) mass is 192 g/mol. The van der Waals surface area contributed by atoms with E-state index < -0.39 is 0 Å². The van der Waals surface area contributed by atoms with Gasteiger partial charge in [-0.15, -0.1) is 23.2 Å². The van der Waals surface area contributed by atoms with E-state index in [1.807, 2.05) is 0 Å². The Hall–Kier alpha value is 0.250. The lowest BCUT2D eigenvalue weighted by molar-refractivity contribution is -0.130. The first-order chi connectivity index (χ1) is 5.22. The van der Waals surface area contributed by atoms with Crippen LogP contribution in [0.3, 0.4) is 0 Å². The van der Waals surface area contributed by atoms with Gasteiger partial charge in [-0.1, -0.05) is 0 Å². The van der Waals surface area contributed by atoms with Crippen molar-refractivity contribution in [2.75, 3.05) is 0 Å². The average molecular weight is 193 g/mol. The average Bonchev–Trinajstić information content (AvgIpc) is 2.03. The molecule has 4 atom stereocenters. The predicted molar refractivity (Wildman–Crippen MR) is 45.1 cm³/mol. The molecule has 2 rings (SSSR count). The first-order valence-corrected chi connectivity index (χ1v) is 4.90. The summed E-state index contributed by atoms with van der Waals surface area (Å²) in [6, 6.07) is 0. The lowest BCUT2D eigenvalue weighted by Crippen LogP contribution is -2.55. The smallest absolute Gasteiger partial charge is 0.137 e. The first kappa shape index (κ1) is 7.88. The van der Waals surface area contributed by atoms with Crippen LogP contribution in [-0.2, 0) is 4.79 Å². The highest BCUT2D eigenvalue weighted by molar-refractivity contribution is 6.33. The summed E-state index contributed by atoms with van der Waals surface area (Å²) >= 11 is 11.9. The molecule has 0 N–H and O–H groups in total. The number of carbonyl (C=O) groups is 1. The molecule has 0 amide bonds. The number of fused-ring (bicyclic) bond motifs is 1. The van der Waals surface area contributed by atoms with Crippen LogP contribution in [0.1, 0.15) is 19.3 Å². The van der Waals surface area contributed by atoms with E-state index in [1.165, 1.54) is 0 Å². The van der Waals surface area contributed by atoms with E-state index in [9.17, 15) is 4.79 Å². The van der Waals surface area contributed by atoms with E-state index in [4.69, 9.17) is 23.2 Å². The molecule has 0 radical (unpaired) electrons. The van der Waals surface area contributed by atoms with Crippen molar-refractivity contribution in [1.29, 1.82) is 0 Å². The van der Waals surface area contributed by atoms with Crippen LogP contribution in [0, 0.1) is 11.8 Å². The Morgan fingerprint density at radius 3 is 2.64 bits per heavy atom. The van der Waals surface area contributed by atoms with E-state index in [0.717, 1.165) is 12.8 Å².